The molecule has 0 N–H and O–H groups in total. The first-order valence-electron chi connectivity index (χ1n) is 10.8. The largest absolute Gasteiger partial charge is 0.336 e. The smallest absolute Gasteiger partial charge is 0.254 e. The first kappa shape index (κ1) is 22.8. The molecule has 0 aliphatic carbocycles. The fourth-order valence-corrected chi connectivity index (χ4v) is 6.84. The van der Waals surface area contributed by atoms with Crippen LogP contribution in [0.2, 0.25) is 0 Å². The Bertz CT molecular complexity index is 832. The Hall–Kier alpha value is -0.920. The maximum absolute atomic E-state index is 13.3. The lowest BCUT2D eigenvalue weighted by Crippen LogP contribution is -2.44. The standard InChI is InChI=1S/C22H33BrN2O3S/c1-16(2)14-19-6-4-5-11-25(19)22(26)18-7-8-20(23)21(15-18)29(27,28)24-12-9-17(3)10-13-24/h7-8,15-17,19H,4-6,9-14H2,1-3H3. The zero-order chi connectivity index (χ0) is 21.2. The zero-order valence-corrected chi connectivity index (χ0v) is 20.1. The van der Waals surface area contributed by atoms with Crippen LogP contribution in [0, 0.1) is 11.8 Å². The lowest BCUT2D eigenvalue weighted by molar-refractivity contribution is 0.0584. The van der Waals surface area contributed by atoms with Crippen LogP contribution in [0.25, 0.3) is 0 Å². The first-order chi connectivity index (χ1) is 13.7. The molecule has 0 saturated carbocycles. The quantitative estimate of drug-likeness (QED) is 0.596. The number of sulfonamides is 1. The second kappa shape index (κ2) is 9.48. The van der Waals surface area contributed by atoms with Crippen molar-refractivity contribution in [2.75, 3.05) is 19.6 Å². The number of halogens is 1. The summed E-state index contributed by atoms with van der Waals surface area (Å²) in [6.45, 7) is 8.35. The van der Waals surface area contributed by atoms with Gasteiger partial charge in [0.15, 0.2) is 0 Å². The van der Waals surface area contributed by atoms with Gasteiger partial charge in [-0.25, -0.2) is 8.42 Å². The van der Waals surface area contributed by atoms with Crippen LogP contribution in [0.15, 0.2) is 27.6 Å². The second-order valence-electron chi connectivity index (χ2n) is 9.01. The number of carbonyl (C=O) groups excluding carboxylic acids is 1. The van der Waals surface area contributed by atoms with E-state index < -0.39 is 10.0 Å². The molecule has 0 spiro atoms. The molecule has 0 radical (unpaired) electrons. The highest BCUT2D eigenvalue weighted by Crippen LogP contribution is 2.31. The third-order valence-corrected chi connectivity index (χ3v) is 9.06. The molecule has 2 fully saturated rings. The number of hydrogen-bond donors (Lipinski definition) is 0. The van der Waals surface area contributed by atoms with Gasteiger partial charge in [-0.2, -0.15) is 4.31 Å². The van der Waals surface area contributed by atoms with E-state index in [0.29, 0.717) is 35.0 Å². The Labute approximate surface area is 184 Å². The number of nitrogens with zero attached hydrogens (tertiary/aromatic N) is 2. The summed E-state index contributed by atoms with van der Waals surface area (Å²) >= 11 is 3.40. The van der Waals surface area contributed by atoms with Gasteiger partial charge in [-0.05, 0) is 84.5 Å². The monoisotopic (exact) mass is 484 g/mol. The number of piperidine rings is 2. The molecule has 162 valence electrons. The van der Waals surface area contributed by atoms with Gasteiger partial charge in [-0.15, -0.1) is 0 Å². The van der Waals surface area contributed by atoms with Crippen LogP contribution in [0.1, 0.15) is 69.7 Å². The fourth-order valence-electron chi connectivity index (χ4n) is 4.42. The normalized spacial score (nSPS) is 22.2. The molecule has 29 heavy (non-hydrogen) atoms. The highest BCUT2D eigenvalue weighted by Gasteiger charge is 2.32. The minimum Gasteiger partial charge on any atom is -0.336 e. The molecule has 2 aliphatic heterocycles. The topological polar surface area (TPSA) is 57.7 Å². The van der Waals surface area contributed by atoms with Crippen LogP contribution in [-0.4, -0.2) is 49.2 Å². The van der Waals surface area contributed by atoms with Gasteiger partial charge in [0, 0.05) is 35.7 Å². The molecular weight excluding hydrogens is 452 g/mol. The summed E-state index contributed by atoms with van der Waals surface area (Å²) in [7, 11) is -3.62. The number of benzene rings is 1. The van der Waals surface area contributed by atoms with Gasteiger partial charge >= 0.3 is 0 Å². The molecule has 5 nitrogen and oxygen atoms in total. The molecule has 2 heterocycles. The highest BCUT2D eigenvalue weighted by atomic mass is 79.9. The zero-order valence-electron chi connectivity index (χ0n) is 17.7. The third-order valence-electron chi connectivity index (χ3n) is 6.17. The Kier molecular flexibility index (Phi) is 7.44. The number of likely N-dealkylation sites (tertiary alicyclic amines) is 1. The van der Waals surface area contributed by atoms with E-state index in [4.69, 9.17) is 0 Å². The van der Waals surface area contributed by atoms with E-state index in [0.717, 1.165) is 45.1 Å². The summed E-state index contributed by atoms with van der Waals surface area (Å²) in [4.78, 5) is 15.5. The van der Waals surface area contributed by atoms with E-state index in [1.807, 2.05) is 4.90 Å². The molecule has 7 heteroatoms. The molecule has 1 amide bonds. The molecule has 3 rings (SSSR count). The van der Waals surface area contributed by atoms with Gasteiger partial charge in [0.25, 0.3) is 5.91 Å². The van der Waals surface area contributed by atoms with Crippen LogP contribution in [0.5, 0.6) is 0 Å². The van der Waals surface area contributed by atoms with Crippen molar-refractivity contribution in [3.63, 3.8) is 0 Å². The summed E-state index contributed by atoms with van der Waals surface area (Å²) in [5, 5.41) is 0. The van der Waals surface area contributed by atoms with Gasteiger partial charge in [-0.1, -0.05) is 20.8 Å². The average molecular weight is 485 g/mol. The summed E-state index contributed by atoms with van der Waals surface area (Å²) < 4.78 is 28.6. The Morgan fingerprint density at radius 2 is 1.83 bits per heavy atom. The van der Waals surface area contributed by atoms with Crippen molar-refractivity contribution in [3.05, 3.63) is 28.2 Å². The van der Waals surface area contributed by atoms with Crippen molar-refractivity contribution in [2.45, 2.75) is 70.2 Å². The number of carbonyl (C=O) groups is 1. The Balaban J connectivity index is 1.87. The van der Waals surface area contributed by atoms with Crippen molar-refractivity contribution in [3.8, 4) is 0 Å². The molecular formula is C22H33BrN2O3S. The van der Waals surface area contributed by atoms with Crippen LogP contribution < -0.4 is 0 Å². The summed E-state index contributed by atoms with van der Waals surface area (Å²) in [6, 6.07) is 5.25. The summed E-state index contributed by atoms with van der Waals surface area (Å²) in [5.74, 6) is 1.03. The fraction of sp³-hybridized carbons (Fsp3) is 0.682. The molecule has 0 bridgehead atoms. The van der Waals surface area contributed by atoms with Gasteiger partial charge in [0.2, 0.25) is 10.0 Å². The van der Waals surface area contributed by atoms with Crippen molar-refractivity contribution < 1.29 is 13.2 Å². The number of amides is 1. The Morgan fingerprint density at radius 3 is 2.48 bits per heavy atom. The maximum atomic E-state index is 13.3. The molecule has 1 unspecified atom stereocenters. The van der Waals surface area contributed by atoms with Gasteiger partial charge in [-0.3, -0.25) is 4.79 Å². The average Bonchev–Trinajstić information content (AvgIpc) is 2.68. The van der Waals surface area contributed by atoms with E-state index in [2.05, 4.69) is 36.7 Å². The molecule has 2 saturated heterocycles. The number of hydrogen-bond acceptors (Lipinski definition) is 3. The van der Waals surface area contributed by atoms with E-state index in [-0.39, 0.29) is 16.8 Å². The predicted molar refractivity (Wildman–Crippen MR) is 119 cm³/mol. The molecule has 1 aromatic carbocycles. The lowest BCUT2D eigenvalue weighted by atomic mass is 9.93. The van der Waals surface area contributed by atoms with Gasteiger partial charge in [0.05, 0.1) is 4.90 Å². The van der Waals surface area contributed by atoms with Crippen molar-refractivity contribution in [2.24, 2.45) is 11.8 Å². The SMILES string of the molecule is CC(C)CC1CCCCN1C(=O)c1ccc(Br)c(S(=O)(=O)N2CCC(C)CC2)c1. The predicted octanol–water partition coefficient (Wildman–Crippen LogP) is 4.91. The second-order valence-corrected chi connectivity index (χ2v) is 11.8. The van der Waals surface area contributed by atoms with E-state index in [1.165, 1.54) is 0 Å². The van der Waals surface area contributed by atoms with Crippen molar-refractivity contribution in [1.29, 1.82) is 0 Å². The van der Waals surface area contributed by atoms with E-state index >= 15 is 0 Å². The first-order valence-corrected chi connectivity index (χ1v) is 13.0. The molecule has 1 atom stereocenters. The van der Waals surface area contributed by atoms with Gasteiger partial charge in [0.1, 0.15) is 0 Å². The van der Waals surface area contributed by atoms with Crippen molar-refractivity contribution >= 4 is 31.9 Å². The van der Waals surface area contributed by atoms with E-state index in [9.17, 15) is 13.2 Å². The summed E-state index contributed by atoms with van der Waals surface area (Å²) in [6.07, 6.45) is 5.92. The van der Waals surface area contributed by atoms with E-state index in [1.54, 1.807) is 22.5 Å². The maximum Gasteiger partial charge on any atom is 0.254 e. The van der Waals surface area contributed by atoms with Gasteiger partial charge < -0.3 is 4.90 Å². The van der Waals surface area contributed by atoms with Crippen LogP contribution in [-0.2, 0) is 10.0 Å². The minimum absolute atomic E-state index is 0.0495. The van der Waals surface area contributed by atoms with Crippen LogP contribution >= 0.6 is 15.9 Å². The minimum atomic E-state index is -3.62. The van der Waals surface area contributed by atoms with Crippen LogP contribution in [0.3, 0.4) is 0 Å². The summed E-state index contributed by atoms with van der Waals surface area (Å²) in [5.41, 5.74) is 0.466. The lowest BCUT2D eigenvalue weighted by Gasteiger charge is -2.37. The molecule has 2 aliphatic rings. The molecule has 1 aromatic rings. The van der Waals surface area contributed by atoms with Crippen molar-refractivity contribution in [1.82, 2.24) is 9.21 Å². The molecule has 0 aromatic heterocycles. The third kappa shape index (κ3) is 5.23. The van der Waals surface area contributed by atoms with Crippen LogP contribution in [0.4, 0.5) is 0 Å². The highest BCUT2D eigenvalue weighted by molar-refractivity contribution is 9.10. The Morgan fingerprint density at radius 1 is 1.14 bits per heavy atom. The number of rotatable bonds is 5.